The molecule has 0 bridgehead atoms. The van der Waals surface area contributed by atoms with Crippen LogP contribution in [0.4, 0.5) is 11.8 Å². The van der Waals surface area contributed by atoms with Crippen LogP contribution in [-0.2, 0) is 0 Å². The molecule has 134 valence electrons. The molecule has 2 aromatic carbocycles. The van der Waals surface area contributed by atoms with Crippen LogP contribution in [0.15, 0.2) is 66.7 Å². The summed E-state index contributed by atoms with van der Waals surface area (Å²) in [6, 6.07) is 22.7. The van der Waals surface area contributed by atoms with Gasteiger partial charge >= 0.3 is 0 Å². The van der Waals surface area contributed by atoms with Gasteiger partial charge in [-0.3, -0.25) is 0 Å². The molecule has 4 nitrogen and oxygen atoms in total. The first kappa shape index (κ1) is 17.9. The van der Waals surface area contributed by atoms with Gasteiger partial charge in [0.15, 0.2) is 0 Å². The Kier molecular flexibility index (Phi) is 5.21. The molecule has 0 aliphatic rings. The molecule has 2 N–H and O–H groups in total. The van der Waals surface area contributed by atoms with Gasteiger partial charge in [-0.15, -0.1) is 0 Å². The summed E-state index contributed by atoms with van der Waals surface area (Å²) in [6.45, 7) is 8.44. The van der Waals surface area contributed by atoms with E-state index in [9.17, 15) is 0 Å². The molecule has 0 aliphatic heterocycles. The summed E-state index contributed by atoms with van der Waals surface area (Å²) < 4.78 is 0. The molecule has 0 aliphatic carbocycles. The third-order valence-corrected chi connectivity index (χ3v) is 3.95. The van der Waals surface area contributed by atoms with Crippen molar-refractivity contribution in [3.63, 3.8) is 0 Å². The number of rotatable bonds is 5. The topological polar surface area (TPSA) is 49.8 Å². The predicted octanol–water partition coefficient (Wildman–Crippen LogP) is 5.53. The average Bonchev–Trinajstić information content (AvgIpc) is 2.61. The second-order valence-corrected chi connectivity index (χ2v) is 7.48. The minimum absolute atomic E-state index is 0.113. The van der Waals surface area contributed by atoms with Gasteiger partial charge in [-0.2, -0.15) is 4.98 Å². The molecule has 1 unspecified atom stereocenters. The van der Waals surface area contributed by atoms with Crippen molar-refractivity contribution in [1.82, 2.24) is 9.97 Å². The van der Waals surface area contributed by atoms with Crippen LogP contribution in [0.1, 0.15) is 39.3 Å². The number of aromatic nitrogens is 2. The molecule has 0 spiro atoms. The molecule has 3 rings (SSSR count). The van der Waals surface area contributed by atoms with Crippen LogP contribution in [0.25, 0.3) is 11.3 Å². The molecule has 0 amide bonds. The quantitative estimate of drug-likeness (QED) is 0.638. The highest BCUT2D eigenvalue weighted by atomic mass is 15.2. The maximum atomic E-state index is 4.71. The number of anilines is 2. The number of hydrogen-bond donors (Lipinski definition) is 2. The molecule has 0 saturated carbocycles. The normalized spacial score (nSPS) is 12.5. The fourth-order valence-electron chi connectivity index (χ4n) is 2.72. The number of hydrogen-bond acceptors (Lipinski definition) is 4. The second kappa shape index (κ2) is 7.56. The summed E-state index contributed by atoms with van der Waals surface area (Å²) in [5.74, 6) is 1.43. The maximum absolute atomic E-state index is 4.71. The molecular weight excluding hydrogens is 320 g/mol. The van der Waals surface area contributed by atoms with Gasteiger partial charge in [0.1, 0.15) is 5.82 Å². The highest BCUT2D eigenvalue weighted by molar-refractivity contribution is 5.64. The zero-order valence-electron chi connectivity index (χ0n) is 15.8. The Morgan fingerprint density at radius 2 is 1.46 bits per heavy atom. The third-order valence-electron chi connectivity index (χ3n) is 3.95. The lowest BCUT2D eigenvalue weighted by atomic mass is 10.1. The van der Waals surface area contributed by atoms with E-state index in [2.05, 4.69) is 79.7 Å². The molecule has 3 aromatic rings. The van der Waals surface area contributed by atoms with Crippen molar-refractivity contribution in [2.75, 3.05) is 10.6 Å². The third kappa shape index (κ3) is 4.82. The van der Waals surface area contributed by atoms with E-state index < -0.39 is 0 Å². The Morgan fingerprint density at radius 3 is 2.08 bits per heavy atom. The van der Waals surface area contributed by atoms with Crippen LogP contribution in [-0.4, -0.2) is 15.5 Å². The van der Waals surface area contributed by atoms with E-state index in [1.807, 2.05) is 30.3 Å². The summed E-state index contributed by atoms with van der Waals surface area (Å²) in [7, 11) is 0. The van der Waals surface area contributed by atoms with Crippen molar-refractivity contribution in [3.8, 4) is 11.3 Å². The average molecular weight is 346 g/mol. The lowest BCUT2D eigenvalue weighted by Gasteiger charge is -2.22. The van der Waals surface area contributed by atoms with E-state index in [1.165, 1.54) is 5.56 Å². The van der Waals surface area contributed by atoms with Crippen molar-refractivity contribution < 1.29 is 0 Å². The molecule has 4 heteroatoms. The molecule has 1 aromatic heterocycles. The van der Waals surface area contributed by atoms with Gasteiger partial charge in [0.2, 0.25) is 5.95 Å². The zero-order chi connectivity index (χ0) is 18.6. The highest BCUT2D eigenvalue weighted by Gasteiger charge is 2.15. The van der Waals surface area contributed by atoms with E-state index in [-0.39, 0.29) is 11.6 Å². The van der Waals surface area contributed by atoms with Gasteiger partial charge in [-0.1, -0.05) is 60.7 Å². The Morgan fingerprint density at radius 1 is 0.846 bits per heavy atom. The van der Waals surface area contributed by atoms with E-state index in [0.29, 0.717) is 5.95 Å². The van der Waals surface area contributed by atoms with E-state index >= 15 is 0 Å². The fourth-order valence-corrected chi connectivity index (χ4v) is 2.72. The SMILES string of the molecule is CC(Nc1cc(-c2ccccc2)nc(NC(C)(C)C)n1)c1ccccc1. The molecule has 26 heavy (non-hydrogen) atoms. The van der Waals surface area contributed by atoms with Crippen LogP contribution in [0.2, 0.25) is 0 Å². The first-order valence-electron chi connectivity index (χ1n) is 8.95. The zero-order valence-corrected chi connectivity index (χ0v) is 15.8. The monoisotopic (exact) mass is 346 g/mol. The lowest BCUT2D eigenvalue weighted by Crippen LogP contribution is -2.27. The van der Waals surface area contributed by atoms with Gasteiger partial charge in [0, 0.05) is 23.2 Å². The molecular formula is C22H26N4. The minimum atomic E-state index is -0.113. The van der Waals surface area contributed by atoms with Crippen molar-refractivity contribution in [2.24, 2.45) is 0 Å². The number of nitrogens with zero attached hydrogens (tertiary/aromatic N) is 2. The first-order valence-corrected chi connectivity index (χ1v) is 8.95. The molecule has 0 fully saturated rings. The molecule has 1 atom stereocenters. The van der Waals surface area contributed by atoms with Crippen molar-refractivity contribution in [2.45, 2.75) is 39.3 Å². The van der Waals surface area contributed by atoms with Gasteiger partial charge in [-0.25, -0.2) is 4.98 Å². The van der Waals surface area contributed by atoms with E-state index in [4.69, 9.17) is 4.98 Å². The summed E-state index contributed by atoms with van der Waals surface area (Å²) in [4.78, 5) is 9.38. The first-order chi connectivity index (χ1) is 12.4. The summed E-state index contributed by atoms with van der Waals surface area (Å²) in [5.41, 5.74) is 3.08. The van der Waals surface area contributed by atoms with Crippen LogP contribution in [0.3, 0.4) is 0 Å². The van der Waals surface area contributed by atoms with Gasteiger partial charge in [-0.05, 0) is 33.3 Å². The van der Waals surface area contributed by atoms with Crippen LogP contribution >= 0.6 is 0 Å². The van der Waals surface area contributed by atoms with Crippen molar-refractivity contribution in [3.05, 3.63) is 72.3 Å². The van der Waals surface area contributed by atoms with Crippen LogP contribution in [0, 0.1) is 0 Å². The van der Waals surface area contributed by atoms with Crippen molar-refractivity contribution >= 4 is 11.8 Å². The summed E-state index contributed by atoms with van der Waals surface area (Å²) >= 11 is 0. The van der Waals surface area contributed by atoms with Gasteiger partial charge in [0.25, 0.3) is 0 Å². The smallest absolute Gasteiger partial charge is 0.225 e. The fraction of sp³-hybridized carbons (Fsp3) is 0.273. The second-order valence-electron chi connectivity index (χ2n) is 7.48. The largest absolute Gasteiger partial charge is 0.363 e. The van der Waals surface area contributed by atoms with Crippen LogP contribution < -0.4 is 10.6 Å². The Bertz CT molecular complexity index is 839. The molecule has 0 saturated heterocycles. The van der Waals surface area contributed by atoms with Gasteiger partial charge in [0.05, 0.1) is 5.69 Å². The maximum Gasteiger partial charge on any atom is 0.225 e. The summed E-state index contributed by atoms with van der Waals surface area (Å²) in [6.07, 6.45) is 0. The molecule has 1 heterocycles. The standard InChI is InChI=1S/C22H26N4/c1-16(17-11-7-5-8-12-17)23-20-15-19(18-13-9-6-10-14-18)24-21(25-20)26-22(2,3)4/h5-16H,1-4H3,(H2,23,24,25,26). The number of nitrogens with one attached hydrogen (secondary N) is 2. The summed E-state index contributed by atoms with van der Waals surface area (Å²) in [5, 5.41) is 6.89. The Hall–Kier alpha value is -2.88. The predicted molar refractivity (Wildman–Crippen MR) is 109 cm³/mol. The minimum Gasteiger partial charge on any atom is -0.363 e. The van der Waals surface area contributed by atoms with Crippen molar-refractivity contribution in [1.29, 1.82) is 0 Å². The highest BCUT2D eigenvalue weighted by Crippen LogP contribution is 2.25. The molecule has 0 radical (unpaired) electrons. The van der Waals surface area contributed by atoms with Gasteiger partial charge < -0.3 is 10.6 Å². The van der Waals surface area contributed by atoms with E-state index in [1.54, 1.807) is 0 Å². The Labute approximate surface area is 155 Å². The lowest BCUT2D eigenvalue weighted by molar-refractivity contribution is 0.626. The Balaban J connectivity index is 1.94. The van der Waals surface area contributed by atoms with Crippen LogP contribution in [0.5, 0.6) is 0 Å². The number of benzene rings is 2. The van der Waals surface area contributed by atoms with E-state index in [0.717, 1.165) is 17.1 Å².